The quantitative estimate of drug-likeness (QED) is 0.762. The summed E-state index contributed by atoms with van der Waals surface area (Å²) in [4.78, 5) is 19.4. The number of anilines is 2. The molecule has 0 radical (unpaired) electrons. The van der Waals surface area contributed by atoms with Crippen LogP contribution in [-0.2, 0) is 19.4 Å². The molecule has 1 amide bonds. The smallest absolute Gasteiger partial charge is 0.251 e. The third-order valence-corrected chi connectivity index (χ3v) is 5.82. The average Bonchev–Trinajstić information content (AvgIpc) is 3.21. The first-order chi connectivity index (χ1) is 13.8. The Labute approximate surface area is 165 Å². The molecule has 0 spiro atoms. The number of amides is 1. The summed E-state index contributed by atoms with van der Waals surface area (Å²) >= 11 is 0. The fourth-order valence-electron chi connectivity index (χ4n) is 4.35. The number of aromatic nitrogens is 2. The minimum absolute atomic E-state index is 0.000778. The predicted octanol–water partition coefficient (Wildman–Crippen LogP) is 3.71. The van der Waals surface area contributed by atoms with Gasteiger partial charge < -0.3 is 14.8 Å². The summed E-state index contributed by atoms with van der Waals surface area (Å²) in [6.07, 6.45) is 7.94. The van der Waals surface area contributed by atoms with E-state index in [1.807, 2.05) is 24.5 Å². The molecule has 0 bridgehead atoms. The minimum Gasteiger partial charge on any atom is -0.347 e. The standard InChI is InChI=1S/C23H24N4O/c28-23(25-19-9-12-22-24-13-15-26(22)16-19)18-7-10-20(11-8-18)27-14-3-5-17-4-1-2-6-21(17)27/h1-2,4,6-8,10-11,13,15,19H,3,5,9,12,14,16H2,(H,25,28). The largest absolute Gasteiger partial charge is 0.347 e. The van der Waals surface area contributed by atoms with Gasteiger partial charge in [0.1, 0.15) is 5.82 Å². The maximum Gasteiger partial charge on any atom is 0.251 e. The van der Waals surface area contributed by atoms with Gasteiger partial charge in [-0.05, 0) is 55.2 Å². The van der Waals surface area contributed by atoms with Gasteiger partial charge in [0, 0.05) is 54.9 Å². The van der Waals surface area contributed by atoms with Gasteiger partial charge in [0.2, 0.25) is 0 Å². The summed E-state index contributed by atoms with van der Waals surface area (Å²) in [5.74, 6) is 1.11. The molecule has 0 saturated heterocycles. The zero-order valence-corrected chi connectivity index (χ0v) is 15.8. The van der Waals surface area contributed by atoms with Gasteiger partial charge in [-0.2, -0.15) is 0 Å². The molecule has 0 fully saturated rings. The highest BCUT2D eigenvalue weighted by atomic mass is 16.1. The van der Waals surface area contributed by atoms with Crippen molar-refractivity contribution < 1.29 is 4.79 Å². The molecule has 2 aliphatic heterocycles. The number of nitrogens with one attached hydrogen (secondary N) is 1. The second kappa shape index (κ2) is 7.15. The van der Waals surface area contributed by atoms with Crippen LogP contribution in [-0.4, -0.2) is 28.0 Å². The third kappa shape index (κ3) is 3.17. The van der Waals surface area contributed by atoms with Crippen molar-refractivity contribution in [1.29, 1.82) is 0 Å². The van der Waals surface area contributed by atoms with Crippen LogP contribution >= 0.6 is 0 Å². The fraction of sp³-hybridized carbons (Fsp3) is 0.304. The Morgan fingerprint density at radius 1 is 1.07 bits per heavy atom. The van der Waals surface area contributed by atoms with Crippen molar-refractivity contribution in [3.05, 3.63) is 77.9 Å². The van der Waals surface area contributed by atoms with E-state index in [1.54, 1.807) is 0 Å². The molecule has 1 N–H and O–H groups in total. The SMILES string of the molecule is O=C(NC1CCc2nccn2C1)c1ccc(N2CCCc3ccccc32)cc1. The van der Waals surface area contributed by atoms with E-state index in [0.717, 1.165) is 50.3 Å². The van der Waals surface area contributed by atoms with Crippen LogP contribution in [0.15, 0.2) is 60.9 Å². The van der Waals surface area contributed by atoms with Crippen LogP contribution in [0.4, 0.5) is 11.4 Å². The molecule has 5 heteroatoms. The highest BCUT2D eigenvalue weighted by Gasteiger charge is 2.21. The van der Waals surface area contributed by atoms with Gasteiger partial charge in [-0.1, -0.05) is 18.2 Å². The van der Waals surface area contributed by atoms with Crippen LogP contribution in [0, 0.1) is 0 Å². The van der Waals surface area contributed by atoms with Crippen molar-refractivity contribution in [3.63, 3.8) is 0 Å². The number of rotatable bonds is 3. The summed E-state index contributed by atoms with van der Waals surface area (Å²) in [5, 5.41) is 3.18. The lowest BCUT2D eigenvalue weighted by molar-refractivity contribution is 0.0927. The highest BCUT2D eigenvalue weighted by Crippen LogP contribution is 2.33. The van der Waals surface area contributed by atoms with Crippen molar-refractivity contribution in [3.8, 4) is 0 Å². The summed E-state index contributed by atoms with van der Waals surface area (Å²) in [7, 11) is 0. The number of hydrogen-bond acceptors (Lipinski definition) is 3. The van der Waals surface area contributed by atoms with Crippen LogP contribution < -0.4 is 10.2 Å². The van der Waals surface area contributed by atoms with E-state index in [4.69, 9.17) is 0 Å². The van der Waals surface area contributed by atoms with Crippen LogP contribution in [0.5, 0.6) is 0 Å². The normalized spacial score (nSPS) is 18.3. The Morgan fingerprint density at radius 3 is 2.82 bits per heavy atom. The molecule has 1 atom stereocenters. The van der Waals surface area contributed by atoms with E-state index >= 15 is 0 Å². The lowest BCUT2D eigenvalue weighted by Gasteiger charge is -2.31. The molecule has 2 aliphatic rings. The summed E-state index contributed by atoms with van der Waals surface area (Å²) in [5.41, 5.74) is 4.53. The van der Waals surface area contributed by atoms with Crippen LogP contribution in [0.2, 0.25) is 0 Å². The molecule has 0 aliphatic carbocycles. The lowest BCUT2D eigenvalue weighted by atomic mass is 10.0. The maximum absolute atomic E-state index is 12.7. The molecule has 0 saturated carbocycles. The second-order valence-corrected chi connectivity index (χ2v) is 7.64. The van der Waals surface area contributed by atoms with Gasteiger partial charge in [-0.15, -0.1) is 0 Å². The van der Waals surface area contributed by atoms with Crippen molar-refractivity contribution in [2.24, 2.45) is 0 Å². The molecule has 5 nitrogen and oxygen atoms in total. The molecule has 2 aromatic carbocycles. The molecular formula is C23H24N4O. The van der Waals surface area contributed by atoms with E-state index in [0.29, 0.717) is 5.56 Å². The predicted molar refractivity (Wildman–Crippen MR) is 110 cm³/mol. The van der Waals surface area contributed by atoms with Crippen molar-refractivity contribution in [1.82, 2.24) is 14.9 Å². The lowest BCUT2D eigenvalue weighted by Crippen LogP contribution is -2.40. The zero-order chi connectivity index (χ0) is 18.9. The van der Waals surface area contributed by atoms with Crippen LogP contribution in [0.3, 0.4) is 0 Å². The third-order valence-electron chi connectivity index (χ3n) is 5.82. The second-order valence-electron chi connectivity index (χ2n) is 7.64. The first-order valence-corrected chi connectivity index (χ1v) is 10.0. The number of hydrogen-bond donors (Lipinski definition) is 1. The Morgan fingerprint density at radius 2 is 1.93 bits per heavy atom. The van der Waals surface area contributed by atoms with Gasteiger partial charge in [-0.25, -0.2) is 4.98 Å². The summed E-state index contributed by atoms with van der Waals surface area (Å²) < 4.78 is 2.13. The zero-order valence-electron chi connectivity index (χ0n) is 15.8. The molecule has 142 valence electrons. The van der Waals surface area contributed by atoms with Gasteiger partial charge in [0.15, 0.2) is 0 Å². The minimum atomic E-state index is -0.000778. The number of benzene rings is 2. The van der Waals surface area contributed by atoms with Gasteiger partial charge in [-0.3, -0.25) is 4.79 Å². The van der Waals surface area contributed by atoms with E-state index in [-0.39, 0.29) is 11.9 Å². The fourth-order valence-corrected chi connectivity index (χ4v) is 4.35. The molecular weight excluding hydrogens is 348 g/mol. The van der Waals surface area contributed by atoms with Gasteiger partial charge in [0.25, 0.3) is 5.91 Å². The van der Waals surface area contributed by atoms with Gasteiger partial charge >= 0.3 is 0 Å². The van der Waals surface area contributed by atoms with Crippen molar-refractivity contribution in [2.75, 3.05) is 11.4 Å². The summed E-state index contributed by atoms with van der Waals surface area (Å²) in [6, 6.07) is 16.7. The summed E-state index contributed by atoms with van der Waals surface area (Å²) in [6.45, 7) is 1.81. The number of para-hydroxylation sites is 1. The topological polar surface area (TPSA) is 50.2 Å². The first kappa shape index (κ1) is 17.0. The molecule has 1 unspecified atom stereocenters. The Balaban J connectivity index is 1.29. The number of carbonyl (C=O) groups is 1. The Kier molecular flexibility index (Phi) is 4.35. The van der Waals surface area contributed by atoms with Crippen LogP contribution in [0.1, 0.15) is 34.6 Å². The molecule has 3 aromatic rings. The van der Waals surface area contributed by atoms with Crippen molar-refractivity contribution >= 4 is 17.3 Å². The number of aryl methyl sites for hydroxylation is 2. The monoisotopic (exact) mass is 372 g/mol. The van der Waals surface area contributed by atoms with Crippen LogP contribution in [0.25, 0.3) is 0 Å². The first-order valence-electron chi connectivity index (χ1n) is 10.0. The van der Waals surface area contributed by atoms with E-state index in [9.17, 15) is 4.79 Å². The Hall–Kier alpha value is -3.08. The number of carbonyl (C=O) groups excluding carboxylic acids is 1. The molecule has 1 aromatic heterocycles. The maximum atomic E-state index is 12.7. The number of fused-ring (bicyclic) bond motifs is 2. The number of nitrogens with zero attached hydrogens (tertiary/aromatic N) is 3. The Bertz CT molecular complexity index is 992. The highest BCUT2D eigenvalue weighted by molar-refractivity contribution is 5.94. The average molecular weight is 372 g/mol. The van der Waals surface area contributed by atoms with Crippen molar-refractivity contribution in [2.45, 2.75) is 38.3 Å². The molecule has 3 heterocycles. The molecule has 28 heavy (non-hydrogen) atoms. The molecule has 5 rings (SSSR count). The van der Waals surface area contributed by atoms with E-state index in [2.05, 4.69) is 56.2 Å². The van der Waals surface area contributed by atoms with E-state index < -0.39 is 0 Å². The van der Waals surface area contributed by atoms with E-state index in [1.165, 1.54) is 11.3 Å². The number of imidazole rings is 1. The van der Waals surface area contributed by atoms with Gasteiger partial charge in [0.05, 0.1) is 0 Å².